The van der Waals surface area contributed by atoms with Gasteiger partial charge in [-0.2, -0.15) is 0 Å². The minimum Gasteiger partial charge on any atom is -0.497 e. The van der Waals surface area contributed by atoms with Crippen LogP contribution in [0.3, 0.4) is 0 Å². The topological polar surface area (TPSA) is 52.1 Å². The van der Waals surface area contributed by atoms with Crippen LogP contribution in [-0.4, -0.2) is 63.1 Å². The summed E-state index contributed by atoms with van der Waals surface area (Å²) in [4.78, 5) is 9.62. The molecular weight excluding hydrogens is 398 g/mol. The normalized spacial score (nSPS) is 15.7. The molecule has 32 heavy (non-hydrogen) atoms. The van der Waals surface area contributed by atoms with Crippen LogP contribution in [0.25, 0.3) is 0 Å². The summed E-state index contributed by atoms with van der Waals surface area (Å²) in [7, 11) is 5.92. The zero-order valence-corrected chi connectivity index (χ0v) is 20.1. The van der Waals surface area contributed by atoms with Crippen molar-refractivity contribution < 1.29 is 4.74 Å². The Bertz CT molecular complexity index is 861. The maximum atomic E-state index is 5.47. The van der Waals surface area contributed by atoms with Crippen LogP contribution in [0.1, 0.15) is 42.5 Å². The highest BCUT2D eigenvalue weighted by molar-refractivity contribution is 5.79. The highest BCUT2D eigenvalue weighted by atomic mass is 16.5. The maximum absolute atomic E-state index is 5.47. The molecule has 2 N–H and O–H groups in total. The lowest BCUT2D eigenvalue weighted by Gasteiger charge is -2.29. The summed E-state index contributed by atoms with van der Waals surface area (Å²) in [6.07, 6.45) is 2.52. The third-order valence-corrected chi connectivity index (χ3v) is 5.78. The Balaban J connectivity index is 1.70. The van der Waals surface area contributed by atoms with Gasteiger partial charge in [0.25, 0.3) is 0 Å². The average molecular weight is 438 g/mol. The SMILES string of the molecule is CCNC(=NCc1cccc(CN(C)C)c1)NCC(c1cccc(OC)c1)N1CCCC1. The van der Waals surface area contributed by atoms with Crippen molar-refractivity contribution in [2.24, 2.45) is 4.99 Å². The molecule has 0 aromatic heterocycles. The lowest BCUT2D eigenvalue weighted by Crippen LogP contribution is -2.42. The predicted molar refractivity (Wildman–Crippen MR) is 133 cm³/mol. The summed E-state index contributed by atoms with van der Waals surface area (Å²) >= 11 is 0. The summed E-state index contributed by atoms with van der Waals surface area (Å²) in [5.41, 5.74) is 3.82. The second-order valence-electron chi connectivity index (χ2n) is 8.67. The van der Waals surface area contributed by atoms with Crippen molar-refractivity contribution in [3.05, 3.63) is 65.2 Å². The van der Waals surface area contributed by atoms with Gasteiger partial charge in [-0.1, -0.05) is 36.4 Å². The molecule has 2 aromatic rings. The van der Waals surface area contributed by atoms with Gasteiger partial charge in [0.15, 0.2) is 5.96 Å². The van der Waals surface area contributed by atoms with Crippen LogP contribution in [-0.2, 0) is 13.1 Å². The number of guanidine groups is 1. The summed E-state index contributed by atoms with van der Waals surface area (Å²) in [5.74, 6) is 1.77. The Morgan fingerprint density at radius 1 is 1.06 bits per heavy atom. The fraction of sp³-hybridized carbons (Fsp3) is 0.500. The van der Waals surface area contributed by atoms with Crippen molar-refractivity contribution in [3.63, 3.8) is 0 Å². The molecule has 1 unspecified atom stereocenters. The second kappa shape index (κ2) is 12.5. The molecule has 0 aliphatic carbocycles. The van der Waals surface area contributed by atoms with Crippen LogP contribution in [0.15, 0.2) is 53.5 Å². The van der Waals surface area contributed by atoms with Crippen molar-refractivity contribution in [1.82, 2.24) is 20.4 Å². The van der Waals surface area contributed by atoms with Gasteiger partial charge in [0.1, 0.15) is 5.75 Å². The van der Waals surface area contributed by atoms with Gasteiger partial charge >= 0.3 is 0 Å². The van der Waals surface area contributed by atoms with Crippen LogP contribution < -0.4 is 15.4 Å². The first kappa shape index (κ1) is 24.1. The molecule has 1 aliphatic heterocycles. The monoisotopic (exact) mass is 437 g/mol. The van der Waals surface area contributed by atoms with Gasteiger partial charge in [0.2, 0.25) is 0 Å². The van der Waals surface area contributed by atoms with Crippen molar-refractivity contribution in [2.75, 3.05) is 47.4 Å². The molecule has 1 saturated heterocycles. The van der Waals surface area contributed by atoms with Crippen LogP contribution >= 0.6 is 0 Å². The molecule has 0 radical (unpaired) electrons. The van der Waals surface area contributed by atoms with Gasteiger partial charge in [-0.25, -0.2) is 4.99 Å². The van der Waals surface area contributed by atoms with E-state index in [1.54, 1.807) is 7.11 Å². The Kier molecular flexibility index (Phi) is 9.38. The van der Waals surface area contributed by atoms with E-state index in [1.165, 1.54) is 29.5 Å². The van der Waals surface area contributed by atoms with Crippen LogP contribution in [0.2, 0.25) is 0 Å². The smallest absolute Gasteiger partial charge is 0.191 e. The zero-order valence-electron chi connectivity index (χ0n) is 20.1. The number of nitrogens with zero attached hydrogens (tertiary/aromatic N) is 3. The van der Waals surface area contributed by atoms with Gasteiger partial charge in [0.05, 0.1) is 19.7 Å². The number of hydrogen-bond donors (Lipinski definition) is 2. The molecule has 0 saturated carbocycles. The quantitative estimate of drug-likeness (QED) is 0.439. The molecule has 3 rings (SSSR count). The summed E-state index contributed by atoms with van der Waals surface area (Å²) < 4.78 is 5.47. The molecular formula is C26H39N5O. The first-order valence-corrected chi connectivity index (χ1v) is 11.7. The number of rotatable bonds is 10. The molecule has 1 aliphatic rings. The molecule has 1 atom stereocenters. The van der Waals surface area contributed by atoms with Gasteiger partial charge in [-0.05, 0) is 75.8 Å². The number of ether oxygens (including phenoxy) is 1. The van der Waals surface area contributed by atoms with E-state index in [2.05, 4.69) is 83.9 Å². The van der Waals surface area contributed by atoms with E-state index in [-0.39, 0.29) is 0 Å². The second-order valence-corrected chi connectivity index (χ2v) is 8.67. The Hall–Kier alpha value is -2.57. The Morgan fingerprint density at radius 2 is 1.81 bits per heavy atom. The minimum absolute atomic E-state index is 0.292. The molecule has 6 heteroatoms. The Morgan fingerprint density at radius 3 is 2.53 bits per heavy atom. The fourth-order valence-corrected chi connectivity index (χ4v) is 4.26. The first-order valence-electron chi connectivity index (χ1n) is 11.7. The number of hydrogen-bond acceptors (Lipinski definition) is 4. The van der Waals surface area contributed by atoms with Crippen molar-refractivity contribution >= 4 is 5.96 Å². The molecule has 1 heterocycles. The number of benzene rings is 2. The van der Waals surface area contributed by atoms with E-state index < -0.39 is 0 Å². The van der Waals surface area contributed by atoms with Gasteiger partial charge in [-0.15, -0.1) is 0 Å². The van der Waals surface area contributed by atoms with E-state index in [9.17, 15) is 0 Å². The number of aliphatic imine (C=N–C) groups is 1. The van der Waals surface area contributed by atoms with Crippen LogP contribution in [0.5, 0.6) is 5.75 Å². The van der Waals surface area contributed by atoms with E-state index in [0.717, 1.165) is 44.4 Å². The first-order chi connectivity index (χ1) is 15.6. The lowest BCUT2D eigenvalue weighted by molar-refractivity contribution is 0.245. The van der Waals surface area contributed by atoms with Crippen molar-refractivity contribution in [1.29, 1.82) is 0 Å². The predicted octanol–water partition coefficient (Wildman–Crippen LogP) is 3.65. The van der Waals surface area contributed by atoms with Crippen LogP contribution in [0.4, 0.5) is 0 Å². The maximum Gasteiger partial charge on any atom is 0.191 e. The van der Waals surface area contributed by atoms with E-state index in [1.807, 2.05) is 6.07 Å². The van der Waals surface area contributed by atoms with Gasteiger partial charge < -0.3 is 20.3 Å². The number of nitrogens with one attached hydrogen (secondary N) is 2. The fourth-order valence-electron chi connectivity index (χ4n) is 4.26. The van der Waals surface area contributed by atoms with Crippen molar-refractivity contribution in [3.8, 4) is 5.75 Å². The zero-order chi connectivity index (χ0) is 22.8. The molecule has 1 fully saturated rings. The molecule has 174 valence electrons. The molecule has 2 aromatic carbocycles. The standard InChI is InChI=1S/C26H39N5O/c1-5-27-26(28-18-21-10-8-11-22(16-21)20-30(2)3)29-19-25(31-14-6-7-15-31)23-12-9-13-24(17-23)32-4/h8-13,16-17,25H,5-7,14-15,18-20H2,1-4H3,(H2,27,28,29). The van der Waals surface area contributed by atoms with E-state index in [4.69, 9.17) is 9.73 Å². The number of methoxy groups -OCH3 is 1. The Labute approximate surface area is 193 Å². The molecule has 0 amide bonds. The molecule has 0 bridgehead atoms. The highest BCUT2D eigenvalue weighted by Gasteiger charge is 2.24. The summed E-state index contributed by atoms with van der Waals surface area (Å²) in [6.45, 7) is 7.61. The summed E-state index contributed by atoms with van der Waals surface area (Å²) in [5, 5.41) is 7.01. The minimum atomic E-state index is 0.292. The number of likely N-dealkylation sites (tertiary alicyclic amines) is 1. The lowest BCUT2D eigenvalue weighted by atomic mass is 10.1. The summed E-state index contributed by atoms with van der Waals surface area (Å²) in [6, 6.07) is 17.4. The van der Waals surface area contributed by atoms with Crippen LogP contribution in [0, 0.1) is 0 Å². The highest BCUT2D eigenvalue weighted by Crippen LogP contribution is 2.27. The largest absolute Gasteiger partial charge is 0.497 e. The van der Waals surface area contributed by atoms with Gasteiger partial charge in [-0.3, -0.25) is 4.90 Å². The molecule has 6 nitrogen and oxygen atoms in total. The third kappa shape index (κ3) is 7.24. The van der Waals surface area contributed by atoms with E-state index >= 15 is 0 Å². The average Bonchev–Trinajstić information content (AvgIpc) is 3.32. The van der Waals surface area contributed by atoms with E-state index in [0.29, 0.717) is 12.6 Å². The molecule has 0 spiro atoms. The third-order valence-electron chi connectivity index (χ3n) is 5.78. The van der Waals surface area contributed by atoms with Gasteiger partial charge in [0, 0.05) is 19.6 Å². The van der Waals surface area contributed by atoms with Crippen molar-refractivity contribution in [2.45, 2.75) is 38.9 Å².